The number of rotatable bonds is 7. The lowest BCUT2D eigenvalue weighted by atomic mass is 9.99. The first-order valence-electron chi connectivity index (χ1n) is 10.0. The molecule has 0 amide bonds. The fourth-order valence-electron chi connectivity index (χ4n) is 3.65. The molecule has 1 aromatic heterocycles. The Bertz CT molecular complexity index is 820. The van der Waals surface area contributed by atoms with E-state index in [1.807, 2.05) is 0 Å². The Balaban J connectivity index is 1.80. The highest BCUT2D eigenvalue weighted by Gasteiger charge is 2.22. The van der Waals surface area contributed by atoms with Crippen molar-refractivity contribution in [3.63, 3.8) is 0 Å². The van der Waals surface area contributed by atoms with E-state index >= 15 is 0 Å². The maximum atomic E-state index is 5.50. The predicted molar refractivity (Wildman–Crippen MR) is 120 cm³/mol. The van der Waals surface area contributed by atoms with E-state index < -0.39 is 0 Å². The Morgan fingerprint density at radius 3 is 2.55 bits per heavy atom. The molecule has 0 bridgehead atoms. The molecule has 1 N–H and O–H groups in total. The molecule has 2 heterocycles. The highest BCUT2D eigenvalue weighted by molar-refractivity contribution is 7.10. The van der Waals surface area contributed by atoms with Gasteiger partial charge in [-0.05, 0) is 62.1 Å². The normalized spacial score (nSPS) is 15.2. The van der Waals surface area contributed by atoms with Gasteiger partial charge in [0.2, 0.25) is 0 Å². The molecule has 1 aliphatic heterocycles. The zero-order valence-corrected chi connectivity index (χ0v) is 18.9. The smallest absolute Gasteiger partial charge is 0.194 e. The summed E-state index contributed by atoms with van der Waals surface area (Å²) < 4.78 is 11.0. The molecule has 1 aliphatic rings. The predicted octanol–water partition coefficient (Wildman–Crippen LogP) is 3.39. The second-order valence-electron chi connectivity index (χ2n) is 7.34. The SMILES string of the molecule is CCNC(=NCC(c1cccs1)N(C)C)N1CCc2cc(OC)c(OC)cc2C1. The Kier molecular flexibility index (Phi) is 7.39. The molecule has 7 heteroatoms. The number of thiophene rings is 1. The van der Waals surface area contributed by atoms with E-state index in [4.69, 9.17) is 14.5 Å². The van der Waals surface area contributed by atoms with Gasteiger partial charge in [-0.2, -0.15) is 0 Å². The lowest BCUT2D eigenvalue weighted by Crippen LogP contribution is -2.44. The summed E-state index contributed by atoms with van der Waals surface area (Å²) in [6.07, 6.45) is 0.960. The van der Waals surface area contributed by atoms with Crippen LogP contribution < -0.4 is 14.8 Å². The van der Waals surface area contributed by atoms with Crippen LogP contribution in [0.5, 0.6) is 11.5 Å². The molecule has 1 unspecified atom stereocenters. The van der Waals surface area contributed by atoms with Crippen LogP contribution >= 0.6 is 11.3 Å². The number of nitrogens with zero attached hydrogens (tertiary/aromatic N) is 3. The van der Waals surface area contributed by atoms with Gasteiger partial charge in [0.15, 0.2) is 17.5 Å². The van der Waals surface area contributed by atoms with Gasteiger partial charge in [0.25, 0.3) is 0 Å². The molecule has 3 rings (SSSR count). The van der Waals surface area contributed by atoms with Gasteiger partial charge in [-0.15, -0.1) is 11.3 Å². The van der Waals surface area contributed by atoms with Gasteiger partial charge in [-0.1, -0.05) is 6.07 Å². The summed E-state index contributed by atoms with van der Waals surface area (Å²) >= 11 is 1.79. The molecular formula is C22H32N4O2S. The largest absolute Gasteiger partial charge is 0.493 e. The van der Waals surface area contributed by atoms with Crippen LogP contribution in [0.4, 0.5) is 0 Å². The van der Waals surface area contributed by atoms with Crippen LogP contribution in [-0.4, -0.2) is 63.7 Å². The van der Waals surface area contributed by atoms with Crippen molar-refractivity contribution in [2.24, 2.45) is 4.99 Å². The highest BCUT2D eigenvalue weighted by atomic mass is 32.1. The molecule has 0 saturated heterocycles. The fraction of sp³-hybridized carbons (Fsp3) is 0.500. The molecule has 2 aromatic rings. The molecule has 0 saturated carbocycles. The molecule has 1 atom stereocenters. The third kappa shape index (κ3) is 5.03. The van der Waals surface area contributed by atoms with Crippen LogP contribution in [0.1, 0.15) is 29.0 Å². The molecule has 1 aromatic carbocycles. The molecule has 158 valence electrons. The van der Waals surface area contributed by atoms with Gasteiger partial charge < -0.3 is 24.6 Å². The van der Waals surface area contributed by atoms with Crippen molar-refractivity contribution >= 4 is 17.3 Å². The van der Waals surface area contributed by atoms with Crippen molar-refractivity contribution in [2.45, 2.75) is 25.9 Å². The van der Waals surface area contributed by atoms with E-state index in [0.29, 0.717) is 0 Å². The monoisotopic (exact) mass is 416 g/mol. The summed E-state index contributed by atoms with van der Waals surface area (Å²) in [5.74, 6) is 2.54. The van der Waals surface area contributed by atoms with Crippen molar-refractivity contribution in [3.8, 4) is 11.5 Å². The van der Waals surface area contributed by atoms with Crippen LogP contribution in [0.25, 0.3) is 0 Å². The van der Waals surface area contributed by atoms with E-state index in [1.54, 1.807) is 25.6 Å². The minimum absolute atomic E-state index is 0.282. The molecule has 29 heavy (non-hydrogen) atoms. The molecule has 0 spiro atoms. The quantitative estimate of drug-likeness (QED) is 0.554. The molecular weight excluding hydrogens is 384 g/mol. The van der Waals surface area contributed by atoms with E-state index in [2.05, 4.69) is 65.8 Å². The van der Waals surface area contributed by atoms with Gasteiger partial charge in [0.1, 0.15) is 0 Å². The topological polar surface area (TPSA) is 49.3 Å². The van der Waals surface area contributed by atoms with Gasteiger partial charge in [-0.3, -0.25) is 4.99 Å². The summed E-state index contributed by atoms with van der Waals surface area (Å²) in [7, 11) is 7.60. The average Bonchev–Trinajstić information content (AvgIpc) is 3.25. The van der Waals surface area contributed by atoms with Crippen LogP contribution in [0.15, 0.2) is 34.6 Å². The van der Waals surface area contributed by atoms with Gasteiger partial charge >= 0.3 is 0 Å². The summed E-state index contributed by atoms with van der Waals surface area (Å²) in [4.78, 5) is 10.9. The number of fused-ring (bicyclic) bond motifs is 1. The average molecular weight is 417 g/mol. The zero-order chi connectivity index (χ0) is 20.8. The molecule has 6 nitrogen and oxygen atoms in total. The van der Waals surface area contributed by atoms with Crippen molar-refractivity contribution in [2.75, 3.05) is 47.9 Å². The van der Waals surface area contributed by atoms with Gasteiger partial charge in [-0.25, -0.2) is 0 Å². The number of likely N-dealkylation sites (N-methyl/N-ethyl adjacent to an activating group) is 1. The zero-order valence-electron chi connectivity index (χ0n) is 18.1. The van der Waals surface area contributed by atoms with E-state index in [9.17, 15) is 0 Å². The third-order valence-electron chi connectivity index (χ3n) is 5.26. The second kappa shape index (κ2) is 9.98. The Labute approximate surface area is 178 Å². The first kappa shape index (κ1) is 21.5. The highest BCUT2D eigenvalue weighted by Crippen LogP contribution is 2.33. The minimum Gasteiger partial charge on any atom is -0.493 e. The maximum Gasteiger partial charge on any atom is 0.194 e. The number of benzene rings is 1. The number of guanidine groups is 1. The molecule has 0 radical (unpaired) electrons. The van der Waals surface area contributed by atoms with Crippen LogP contribution in [0.2, 0.25) is 0 Å². The molecule has 0 fully saturated rings. The number of hydrogen-bond acceptors (Lipinski definition) is 5. The lowest BCUT2D eigenvalue weighted by molar-refractivity contribution is 0.307. The minimum atomic E-state index is 0.282. The lowest BCUT2D eigenvalue weighted by Gasteiger charge is -2.32. The third-order valence-corrected chi connectivity index (χ3v) is 6.23. The first-order valence-corrected chi connectivity index (χ1v) is 10.9. The van der Waals surface area contributed by atoms with Crippen LogP contribution in [-0.2, 0) is 13.0 Å². The van der Waals surface area contributed by atoms with E-state index in [1.165, 1.54) is 16.0 Å². The van der Waals surface area contributed by atoms with Crippen LogP contribution in [0.3, 0.4) is 0 Å². The van der Waals surface area contributed by atoms with Crippen molar-refractivity contribution < 1.29 is 9.47 Å². The van der Waals surface area contributed by atoms with E-state index in [-0.39, 0.29) is 6.04 Å². The van der Waals surface area contributed by atoms with Crippen molar-refractivity contribution in [3.05, 3.63) is 45.6 Å². The Hall–Kier alpha value is -2.25. The number of aliphatic imine (C=N–C) groups is 1. The van der Waals surface area contributed by atoms with E-state index in [0.717, 1.165) is 50.1 Å². The number of methoxy groups -OCH3 is 2. The Morgan fingerprint density at radius 1 is 1.24 bits per heavy atom. The standard InChI is InChI=1S/C22H32N4O2S/c1-6-23-22(24-14-18(25(2)3)21-8-7-11-29-21)26-10-9-16-12-19(27-4)20(28-5)13-17(16)15-26/h7-8,11-13,18H,6,9-10,14-15H2,1-5H3,(H,23,24). The van der Waals surface area contributed by atoms with Gasteiger partial charge in [0.05, 0.1) is 26.8 Å². The first-order chi connectivity index (χ1) is 14.1. The van der Waals surface area contributed by atoms with Gasteiger partial charge in [0, 0.05) is 24.5 Å². The van der Waals surface area contributed by atoms with Crippen molar-refractivity contribution in [1.82, 2.24) is 15.1 Å². The summed E-state index contributed by atoms with van der Waals surface area (Å²) in [5.41, 5.74) is 2.58. The summed E-state index contributed by atoms with van der Waals surface area (Å²) in [6.45, 7) is 5.43. The summed E-state index contributed by atoms with van der Waals surface area (Å²) in [6, 6.07) is 8.78. The maximum absolute atomic E-state index is 5.50. The Morgan fingerprint density at radius 2 is 1.97 bits per heavy atom. The fourth-order valence-corrected chi connectivity index (χ4v) is 4.57. The van der Waals surface area contributed by atoms with Crippen LogP contribution in [0, 0.1) is 0 Å². The second-order valence-corrected chi connectivity index (χ2v) is 8.32. The summed E-state index contributed by atoms with van der Waals surface area (Å²) in [5, 5.41) is 5.61. The molecule has 0 aliphatic carbocycles. The number of hydrogen-bond donors (Lipinski definition) is 1. The number of ether oxygens (including phenoxy) is 2. The van der Waals surface area contributed by atoms with Crippen molar-refractivity contribution in [1.29, 1.82) is 0 Å². The number of nitrogens with one attached hydrogen (secondary N) is 1.